The molecule has 0 spiro atoms. The molecule has 1 N–H and O–H groups in total. The molecule has 2 unspecified atom stereocenters. The van der Waals surface area contributed by atoms with Crippen LogP contribution in [0.15, 0.2) is 42.0 Å². The molecule has 1 aromatic carbocycles. The molecular formula is C30H47N3O4S. The van der Waals surface area contributed by atoms with Gasteiger partial charge < -0.3 is 15.0 Å². The number of thioether (sulfide) groups is 1. The van der Waals surface area contributed by atoms with Gasteiger partial charge in [-0.1, -0.05) is 71.0 Å². The normalized spacial score (nSPS) is 21.6. The Morgan fingerprint density at radius 1 is 1.18 bits per heavy atom. The Morgan fingerprint density at radius 3 is 2.26 bits per heavy atom. The van der Waals surface area contributed by atoms with Crippen molar-refractivity contribution in [3.63, 3.8) is 0 Å². The van der Waals surface area contributed by atoms with Crippen LogP contribution in [0.25, 0.3) is 0 Å². The predicted octanol–water partition coefficient (Wildman–Crippen LogP) is 5.03. The first-order valence-corrected chi connectivity index (χ1v) is 14.3. The van der Waals surface area contributed by atoms with Crippen molar-refractivity contribution in [3.05, 3.63) is 47.5 Å². The van der Waals surface area contributed by atoms with Gasteiger partial charge >= 0.3 is 5.97 Å². The SMILES string of the molecule is CCOC(=O)C(C)=C[C@H](C(C)C)N(C)C(=O)C(NC(=O)[C@H]1N(C)C(c2ccccc2)SC1(C)C)C(C)(C)C. The van der Waals surface area contributed by atoms with Crippen molar-refractivity contribution in [2.75, 3.05) is 20.7 Å². The molecule has 4 atom stereocenters. The number of esters is 1. The molecule has 212 valence electrons. The van der Waals surface area contributed by atoms with Gasteiger partial charge in [0.15, 0.2) is 0 Å². The fourth-order valence-corrected chi connectivity index (χ4v) is 6.58. The van der Waals surface area contributed by atoms with Crippen molar-refractivity contribution in [1.29, 1.82) is 0 Å². The predicted molar refractivity (Wildman–Crippen MR) is 156 cm³/mol. The highest BCUT2D eigenvalue weighted by Crippen LogP contribution is 2.51. The number of nitrogens with zero attached hydrogens (tertiary/aromatic N) is 2. The van der Waals surface area contributed by atoms with Crippen LogP contribution in [0.1, 0.15) is 73.3 Å². The van der Waals surface area contributed by atoms with Gasteiger partial charge in [-0.25, -0.2) is 4.79 Å². The van der Waals surface area contributed by atoms with E-state index in [1.807, 2.05) is 59.9 Å². The van der Waals surface area contributed by atoms with Gasteiger partial charge in [-0.05, 0) is 51.6 Å². The van der Waals surface area contributed by atoms with Crippen LogP contribution in [0.5, 0.6) is 0 Å². The van der Waals surface area contributed by atoms with E-state index in [1.54, 1.807) is 43.6 Å². The fourth-order valence-electron chi connectivity index (χ4n) is 5.02. The zero-order chi connectivity index (χ0) is 29.0. The molecule has 2 amide bonds. The van der Waals surface area contributed by atoms with Gasteiger partial charge in [-0.2, -0.15) is 0 Å². The third-order valence-corrected chi connectivity index (χ3v) is 8.74. The van der Waals surface area contributed by atoms with Crippen molar-refractivity contribution < 1.29 is 19.1 Å². The quantitative estimate of drug-likeness (QED) is 0.346. The number of likely N-dealkylation sites (N-methyl/N-ethyl adjacent to an activating group) is 2. The maximum Gasteiger partial charge on any atom is 0.333 e. The van der Waals surface area contributed by atoms with Crippen molar-refractivity contribution in [2.24, 2.45) is 11.3 Å². The number of rotatable bonds is 9. The van der Waals surface area contributed by atoms with Gasteiger partial charge in [0.1, 0.15) is 12.1 Å². The van der Waals surface area contributed by atoms with Crippen LogP contribution in [0.4, 0.5) is 0 Å². The van der Waals surface area contributed by atoms with Crippen LogP contribution in [0.2, 0.25) is 0 Å². The first-order valence-electron chi connectivity index (χ1n) is 13.4. The molecular weight excluding hydrogens is 498 g/mol. The molecule has 1 aromatic rings. The van der Waals surface area contributed by atoms with E-state index in [1.165, 1.54) is 0 Å². The Labute approximate surface area is 233 Å². The average Bonchev–Trinajstić information content (AvgIpc) is 3.07. The second kappa shape index (κ2) is 12.7. The number of nitrogens with one attached hydrogen (secondary N) is 1. The van der Waals surface area contributed by atoms with E-state index in [9.17, 15) is 14.4 Å². The maximum atomic E-state index is 13.9. The minimum Gasteiger partial charge on any atom is -0.463 e. The summed E-state index contributed by atoms with van der Waals surface area (Å²) in [5.74, 6) is -0.697. The minimum atomic E-state index is -0.748. The van der Waals surface area contributed by atoms with Gasteiger partial charge in [0.25, 0.3) is 0 Å². The van der Waals surface area contributed by atoms with Crippen LogP contribution in [-0.2, 0) is 19.1 Å². The monoisotopic (exact) mass is 545 g/mol. The largest absolute Gasteiger partial charge is 0.463 e. The van der Waals surface area contributed by atoms with E-state index < -0.39 is 23.5 Å². The van der Waals surface area contributed by atoms with Crippen molar-refractivity contribution >= 4 is 29.5 Å². The number of carbonyl (C=O) groups excluding carboxylic acids is 3. The van der Waals surface area contributed by atoms with Crippen LogP contribution in [0.3, 0.4) is 0 Å². The summed E-state index contributed by atoms with van der Waals surface area (Å²) in [6.07, 6.45) is 1.79. The maximum absolute atomic E-state index is 13.9. The zero-order valence-electron chi connectivity index (χ0n) is 25.0. The number of ether oxygens (including phenoxy) is 1. The lowest BCUT2D eigenvalue weighted by Gasteiger charge is -2.39. The van der Waals surface area contributed by atoms with Crippen molar-refractivity contribution in [1.82, 2.24) is 15.1 Å². The third-order valence-electron chi connectivity index (χ3n) is 7.08. The highest BCUT2D eigenvalue weighted by atomic mass is 32.2. The molecule has 1 aliphatic rings. The van der Waals surface area contributed by atoms with Gasteiger partial charge in [0, 0.05) is 17.4 Å². The molecule has 1 saturated heterocycles. The third kappa shape index (κ3) is 7.41. The Bertz CT molecular complexity index is 1020. The molecule has 0 aromatic heterocycles. The Hall–Kier alpha value is -2.32. The molecule has 0 radical (unpaired) electrons. The topological polar surface area (TPSA) is 79.0 Å². The van der Waals surface area contributed by atoms with Crippen LogP contribution < -0.4 is 5.32 Å². The van der Waals surface area contributed by atoms with Gasteiger partial charge in [-0.15, -0.1) is 11.8 Å². The summed E-state index contributed by atoms with van der Waals surface area (Å²) in [5, 5.41) is 3.17. The Balaban J connectivity index is 2.33. The number of amides is 2. The van der Waals surface area contributed by atoms with E-state index in [0.29, 0.717) is 12.2 Å². The van der Waals surface area contributed by atoms with Gasteiger partial charge in [0.05, 0.1) is 18.0 Å². The van der Waals surface area contributed by atoms with E-state index in [-0.39, 0.29) is 33.9 Å². The summed E-state index contributed by atoms with van der Waals surface area (Å²) in [5.41, 5.74) is 1.07. The number of hydrogen-bond acceptors (Lipinski definition) is 6. The highest BCUT2D eigenvalue weighted by molar-refractivity contribution is 8.01. The summed E-state index contributed by atoms with van der Waals surface area (Å²) < 4.78 is 4.77. The molecule has 0 saturated carbocycles. The van der Waals surface area contributed by atoms with Gasteiger partial charge in [-0.3, -0.25) is 14.5 Å². The Morgan fingerprint density at radius 2 is 1.76 bits per heavy atom. The van der Waals surface area contributed by atoms with E-state index in [0.717, 1.165) is 5.56 Å². The molecule has 2 rings (SSSR count). The molecule has 38 heavy (non-hydrogen) atoms. The summed E-state index contributed by atoms with van der Waals surface area (Å²) in [7, 11) is 3.71. The van der Waals surface area contributed by atoms with E-state index in [2.05, 4.69) is 36.2 Å². The van der Waals surface area contributed by atoms with Gasteiger partial charge in [0.2, 0.25) is 11.8 Å². The van der Waals surface area contributed by atoms with Crippen molar-refractivity contribution in [3.8, 4) is 0 Å². The summed E-state index contributed by atoms with van der Waals surface area (Å²) >= 11 is 1.76. The Kier molecular flexibility index (Phi) is 10.7. The summed E-state index contributed by atoms with van der Waals surface area (Å²) in [6.45, 7) is 17.8. The number of carbonyl (C=O) groups is 3. The molecule has 8 heteroatoms. The first kappa shape index (κ1) is 31.9. The second-order valence-corrected chi connectivity index (χ2v) is 13.8. The minimum absolute atomic E-state index is 0.0368. The second-order valence-electron chi connectivity index (χ2n) is 12.1. The van der Waals surface area contributed by atoms with E-state index in [4.69, 9.17) is 4.74 Å². The lowest BCUT2D eigenvalue weighted by Crippen LogP contribution is -2.60. The fraction of sp³-hybridized carbons (Fsp3) is 0.633. The lowest BCUT2D eigenvalue weighted by atomic mass is 9.84. The molecule has 0 bridgehead atoms. The van der Waals surface area contributed by atoms with Crippen LogP contribution in [0, 0.1) is 11.3 Å². The summed E-state index contributed by atoms with van der Waals surface area (Å²) in [6, 6.07) is 8.67. The first-order chi connectivity index (χ1) is 17.5. The highest BCUT2D eigenvalue weighted by Gasteiger charge is 2.51. The molecule has 0 aliphatic carbocycles. The van der Waals surface area contributed by atoms with Crippen LogP contribution in [-0.4, -0.2) is 71.2 Å². The lowest BCUT2D eigenvalue weighted by molar-refractivity contribution is -0.141. The number of hydrogen-bond donors (Lipinski definition) is 1. The van der Waals surface area contributed by atoms with Crippen molar-refractivity contribution in [2.45, 2.75) is 90.6 Å². The summed E-state index contributed by atoms with van der Waals surface area (Å²) in [4.78, 5) is 43.8. The molecule has 1 heterocycles. The molecule has 1 fully saturated rings. The van der Waals surface area contributed by atoms with Crippen LogP contribution >= 0.6 is 11.8 Å². The molecule has 7 nitrogen and oxygen atoms in total. The zero-order valence-corrected chi connectivity index (χ0v) is 25.8. The average molecular weight is 546 g/mol. The molecule has 1 aliphatic heterocycles. The standard InChI is InChI=1S/C30H47N3O4S/c1-12-37-28(36)20(4)18-22(19(2)3)32(10)26(35)23(29(5,6)7)31-25(34)24-30(8,9)38-27(33(24)11)21-16-14-13-15-17-21/h13-19,22-24,27H,12H2,1-11H3,(H,31,34)/t22-,23?,24-,27?/m1/s1. The number of benzene rings is 1. The smallest absolute Gasteiger partial charge is 0.333 e. The van der Waals surface area contributed by atoms with E-state index >= 15 is 0 Å².